The largest absolute Gasteiger partial charge is 0.481 e. The van der Waals surface area contributed by atoms with Crippen LogP contribution in [0.15, 0.2) is 0 Å². The van der Waals surface area contributed by atoms with Crippen LogP contribution in [-0.2, 0) is 9.59 Å². The van der Waals surface area contributed by atoms with Gasteiger partial charge in [-0.1, -0.05) is 19.3 Å². The standard InChI is InChI=1S/C14H26N2O4/c1-9(17)16-7-5-3-2-4-6-10-12(15)8-11(13(10)18)14(19)20/h10-13,18H,2-8,15H2,1H3,(H,16,17)(H,19,20). The van der Waals surface area contributed by atoms with Crippen molar-refractivity contribution >= 4 is 11.9 Å². The van der Waals surface area contributed by atoms with Gasteiger partial charge in [0.25, 0.3) is 0 Å². The highest BCUT2D eigenvalue weighted by Crippen LogP contribution is 2.34. The highest BCUT2D eigenvalue weighted by atomic mass is 16.4. The molecular formula is C14H26N2O4. The van der Waals surface area contributed by atoms with Crippen molar-refractivity contribution in [1.82, 2.24) is 5.32 Å². The van der Waals surface area contributed by atoms with Crippen LogP contribution < -0.4 is 11.1 Å². The molecule has 1 amide bonds. The second kappa shape index (κ2) is 8.21. The zero-order valence-electron chi connectivity index (χ0n) is 12.0. The summed E-state index contributed by atoms with van der Waals surface area (Å²) in [5, 5.41) is 21.7. The second-order valence-electron chi connectivity index (χ2n) is 5.68. The van der Waals surface area contributed by atoms with E-state index in [9.17, 15) is 14.7 Å². The van der Waals surface area contributed by atoms with Crippen LogP contribution in [-0.4, -0.2) is 40.8 Å². The maximum Gasteiger partial charge on any atom is 0.309 e. The first-order valence-electron chi connectivity index (χ1n) is 7.34. The number of carbonyl (C=O) groups is 2. The van der Waals surface area contributed by atoms with E-state index in [4.69, 9.17) is 10.8 Å². The van der Waals surface area contributed by atoms with Gasteiger partial charge < -0.3 is 21.3 Å². The molecule has 1 saturated carbocycles. The summed E-state index contributed by atoms with van der Waals surface area (Å²) in [4.78, 5) is 21.6. The predicted molar refractivity (Wildman–Crippen MR) is 75.0 cm³/mol. The number of amides is 1. The maximum absolute atomic E-state index is 11.0. The molecule has 0 heterocycles. The van der Waals surface area contributed by atoms with Gasteiger partial charge in [-0.2, -0.15) is 0 Å². The Labute approximate surface area is 119 Å². The van der Waals surface area contributed by atoms with Crippen molar-refractivity contribution < 1.29 is 19.8 Å². The van der Waals surface area contributed by atoms with Crippen molar-refractivity contribution in [3.8, 4) is 0 Å². The van der Waals surface area contributed by atoms with E-state index in [0.717, 1.165) is 32.1 Å². The van der Waals surface area contributed by atoms with Gasteiger partial charge in [0.2, 0.25) is 5.91 Å². The van der Waals surface area contributed by atoms with E-state index in [1.54, 1.807) is 0 Å². The van der Waals surface area contributed by atoms with E-state index in [-0.39, 0.29) is 17.9 Å². The average Bonchev–Trinajstić information content (AvgIpc) is 2.64. The lowest BCUT2D eigenvalue weighted by Gasteiger charge is -2.19. The van der Waals surface area contributed by atoms with Crippen LogP contribution in [0.25, 0.3) is 0 Å². The van der Waals surface area contributed by atoms with Gasteiger partial charge in [0.05, 0.1) is 12.0 Å². The Morgan fingerprint density at radius 3 is 2.45 bits per heavy atom. The predicted octanol–water partition coefficient (Wildman–Crippen LogP) is 0.482. The summed E-state index contributed by atoms with van der Waals surface area (Å²) >= 11 is 0. The molecule has 4 unspecified atom stereocenters. The normalized spacial score (nSPS) is 29.4. The van der Waals surface area contributed by atoms with Gasteiger partial charge in [0.1, 0.15) is 0 Å². The zero-order valence-corrected chi connectivity index (χ0v) is 12.0. The third kappa shape index (κ3) is 5.09. The number of aliphatic hydroxyl groups excluding tert-OH is 1. The first-order valence-corrected chi connectivity index (χ1v) is 7.34. The van der Waals surface area contributed by atoms with Crippen LogP contribution in [0.4, 0.5) is 0 Å². The summed E-state index contributed by atoms with van der Waals surface area (Å²) in [6, 6.07) is -0.217. The average molecular weight is 286 g/mol. The zero-order chi connectivity index (χ0) is 15.1. The Hall–Kier alpha value is -1.14. The highest BCUT2D eigenvalue weighted by molar-refractivity contribution is 5.72. The molecule has 0 aromatic carbocycles. The smallest absolute Gasteiger partial charge is 0.309 e. The first kappa shape index (κ1) is 16.9. The molecular weight excluding hydrogens is 260 g/mol. The number of carboxylic acids is 1. The van der Waals surface area contributed by atoms with E-state index < -0.39 is 18.0 Å². The molecule has 0 spiro atoms. The second-order valence-corrected chi connectivity index (χ2v) is 5.68. The van der Waals surface area contributed by atoms with Crippen LogP contribution in [0, 0.1) is 11.8 Å². The quantitative estimate of drug-likeness (QED) is 0.485. The van der Waals surface area contributed by atoms with E-state index in [0.29, 0.717) is 13.0 Å². The van der Waals surface area contributed by atoms with Crippen LogP contribution >= 0.6 is 0 Å². The van der Waals surface area contributed by atoms with Crippen LogP contribution in [0.2, 0.25) is 0 Å². The molecule has 1 aliphatic rings. The molecule has 116 valence electrons. The highest BCUT2D eigenvalue weighted by Gasteiger charge is 2.43. The molecule has 1 fully saturated rings. The van der Waals surface area contributed by atoms with Gasteiger partial charge in [-0.3, -0.25) is 9.59 Å². The third-order valence-electron chi connectivity index (χ3n) is 4.08. The summed E-state index contributed by atoms with van der Waals surface area (Å²) in [5.74, 6) is -1.78. The Kier molecular flexibility index (Phi) is 6.95. The van der Waals surface area contributed by atoms with Gasteiger partial charge in [0, 0.05) is 25.4 Å². The lowest BCUT2D eigenvalue weighted by atomic mass is 9.93. The molecule has 0 saturated heterocycles. The summed E-state index contributed by atoms with van der Waals surface area (Å²) in [6.07, 6.45) is 4.21. The Morgan fingerprint density at radius 1 is 1.25 bits per heavy atom. The lowest BCUT2D eigenvalue weighted by Crippen LogP contribution is -2.31. The number of aliphatic carboxylic acids is 1. The van der Waals surface area contributed by atoms with Crippen molar-refractivity contribution in [3.05, 3.63) is 0 Å². The SMILES string of the molecule is CC(=O)NCCCCCCC1C(N)CC(C(=O)O)C1O. The molecule has 0 aromatic rings. The fourth-order valence-electron chi connectivity index (χ4n) is 2.91. The molecule has 4 atom stereocenters. The molecule has 1 rings (SSSR count). The Bertz CT molecular complexity index is 335. The molecule has 0 radical (unpaired) electrons. The minimum atomic E-state index is -0.953. The number of rotatable bonds is 8. The molecule has 0 aromatic heterocycles. The van der Waals surface area contributed by atoms with Gasteiger partial charge in [-0.25, -0.2) is 0 Å². The van der Waals surface area contributed by atoms with Gasteiger partial charge in [-0.05, 0) is 19.3 Å². The van der Waals surface area contributed by atoms with Crippen molar-refractivity contribution in [3.63, 3.8) is 0 Å². The van der Waals surface area contributed by atoms with E-state index in [2.05, 4.69) is 5.32 Å². The molecule has 0 aliphatic heterocycles. The number of hydrogen-bond donors (Lipinski definition) is 4. The lowest BCUT2D eigenvalue weighted by molar-refractivity contribution is -0.145. The maximum atomic E-state index is 11.0. The van der Waals surface area contributed by atoms with Crippen LogP contribution in [0.3, 0.4) is 0 Å². The molecule has 6 nitrogen and oxygen atoms in total. The van der Waals surface area contributed by atoms with Crippen molar-refractivity contribution in [1.29, 1.82) is 0 Å². The third-order valence-corrected chi connectivity index (χ3v) is 4.08. The van der Waals surface area contributed by atoms with Gasteiger partial charge >= 0.3 is 5.97 Å². The minimum Gasteiger partial charge on any atom is -0.481 e. The molecule has 5 N–H and O–H groups in total. The van der Waals surface area contributed by atoms with E-state index in [1.165, 1.54) is 6.92 Å². The monoisotopic (exact) mass is 286 g/mol. The summed E-state index contributed by atoms with van der Waals surface area (Å²) in [5.41, 5.74) is 5.92. The minimum absolute atomic E-state index is 0.00948. The molecule has 0 bridgehead atoms. The number of nitrogens with one attached hydrogen (secondary N) is 1. The topological polar surface area (TPSA) is 113 Å². The number of nitrogens with two attached hydrogens (primary N) is 1. The number of carboxylic acid groups (broad SMARTS) is 1. The number of carbonyl (C=O) groups excluding carboxylic acids is 1. The number of unbranched alkanes of at least 4 members (excludes halogenated alkanes) is 3. The number of hydrogen-bond acceptors (Lipinski definition) is 4. The fourth-order valence-corrected chi connectivity index (χ4v) is 2.91. The van der Waals surface area contributed by atoms with E-state index >= 15 is 0 Å². The summed E-state index contributed by atoms with van der Waals surface area (Å²) < 4.78 is 0. The molecule has 6 heteroatoms. The Morgan fingerprint density at radius 2 is 1.90 bits per heavy atom. The van der Waals surface area contributed by atoms with E-state index in [1.807, 2.05) is 0 Å². The van der Waals surface area contributed by atoms with Crippen LogP contribution in [0.5, 0.6) is 0 Å². The number of aliphatic hydroxyl groups is 1. The van der Waals surface area contributed by atoms with Gasteiger partial charge in [-0.15, -0.1) is 0 Å². The summed E-state index contributed by atoms with van der Waals surface area (Å²) in [7, 11) is 0. The Balaban J connectivity index is 2.15. The molecule has 1 aliphatic carbocycles. The van der Waals surface area contributed by atoms with Crippen molar-refractivity contribution in [2.45, 2.75) is 57.6 Å². The first-order chi connectivity index (χ1) is 9.43. The van der Waals surface area contributed by atoms with Crippen molar-refractivity contribution in [2.24, 2.45) is 17.6 Å². The van der Waals surface area contributed by atoms with Crippen molar-refractivity contribution in [2.75, 3.05) is 6.54 Å². The molecule has 20 heavy (non-hydrogen) atoms. The fraction of sp³-hybridized carbons (Fsp3) is 0.857. The summed E-state index contributed by atoms with van der Waals surface area (Å²) in [6.45, 7) is 2.20. The van der Waals surface area contributed by atoms with Gasteiger partial charge in [0.15, 0.2) is 0 Å². The van der Waals surface area contributed by atoms with Crippen LogP contribution in [0.1, 0.15) is 45.4 Å².